The number of aryl methyl sites for hydroxylation is 2. The minimum absolute atomic E-state index is 0.281. The molecule has 0 radical (unpaired) electrons. The lowest BCUT2D eigenvalue weighted by Gasteiger charge is -2.14. The Morgan fingerprint density at radius 2 is 1.97 bits per heavy atom. The highest BCUT2D eigenvalue weighted by Gasteiger charge is 2.17. The summed E-state index contributed by atoms with van der Waals surface area (Å²) in [4.78, 5) is 12.4. The van der Waals surface area contributed by atoms with Gasteiger partial charge < -0.3 is 4.74 Å². The van der Waals surface area contributed by atoms with Gasteiger partial charge in [0.1, 0.15) is 5.75 Å². The number of hydrogen-bond donors (Lipinski definition) is 1. The van der Waals surface area contributed by atoms with Crippen molar-refractivity contribution in [3.8, 4) is 5.75 Å². The molecule has 0 aliphatic heterocycles. The lowest BCUT2D eigenvalue weighted by molar-refractivity contribution is -0.122. The van der Waals surface area contributed by atoms with Gasteiger partial charge >= 0.3 is 0 Å². The van der Waals surface area contributed by atoms with Crippen molar-refractivity contribution < 1.29 is 9.53 Å². The Morgan fingerprint density at radius 1 is 1.17 bits per heavy atom. The molecular weight excluding hydrogens is 449 g/mol. The van der Waals surface area contributed by atoms with Crippen LogP contribution >= 0.6 is 46.3 Å². The summed E-state index contributed by atoms with van der Waals surface area (Å²) in [5, 5.41) is 12.5. The van der Waals surface area contributed by atoms with Crippen LogP contribution in [0.3, 0.4) is 0 Å². The summed E-state index contributed by atoms with van der Waals surface area (Å²) < 4.78 is 6.46. The third kappa shape index (κ3) is 6.09. The first kappa shape index (κ1) is 21.9. The molecule has 0 spiro atoms. The fourth-order valence-electron chi connectivity index (χ4n) is 2.35. The Hall–Kier alpha value is -1.80. The van der Waals surface area contributed by atoms with Crippen LogP contribution in [0.15, 0.2) is 40.7 Å². The Morgan fingerprint density at radius 3 is 2.69 bits per heavy atom. The largest absolute Gasteiger partial charge is 0.481 e. The molecule has 3 aromatic rings. The van der Waals surface area contributed by atoms with Crippen LogP contribution in [0.5, 0.6) is 5.75 Å². The molecule has 5 nitrogen and oxygen atoms in total. The first-order valence-electron chi connectivity index (χ1n) is 8.77. The standard InChI is InChI=1S/C20H19Cl2N3O2S2/c1-11-4-7-16(8-12(11)2)27-13(3)18(26)23-19-24-25-20(29-19)28-10-14-5-6-15(21)9-17(14)22/h4-9,13H,10H2,1-3H3,(H,23,24,26). The lowest BCUT2D eigenvalue weighted by atomic mass is 10.1. The molecule has 1 heterocycles. The molecule has 0 aliphatic carbocycles. The molecule has 29 heavy (non-hydrogen) atoms. The Labute approximate surface area is 187 Å². The van der Waals surface area contributed by atoms with E-state index in [0.29, 0.717) is 26.7 Å². The summed E-state index contributed by atoms with van der Waals surface area (Å²) in [6, 6.07) is 11.1. The minimum atomic E-state index is -0.662. The summed E-state index contributed by atoms with van der Waals surface area (Å²) in [5.41, 5.74) is 3.24. The number of aromatic nitrogens is 2. The zero-order valence-electron chi connectivity index (χ0n) is 16.0. The second-order valence-electron chi connectivity index (χ2n) is 6.39. The third-order valence-electron chi connectivity index (χ3n) is 4.16. The summed E-state index contributed by atoms with van der Waals surface area (Å²) >= 11 is 14.9. The van der Waals surface area contributed by atoms with Gasteiger partial charge in [-0.3, -0.25) is 10.1 Å². The smallest absolute Gasteiger partial charge is 0.266 e. The Kier molecular flexibility index (Phi) is 7.40. The van der Waals surface area contributed by atoms with Crippen molar-refractivity contribution >= 4 is 57.3 Å². The Balaban J connectivity index is 1.54. The van der Waals surface area contributed by atoms with Crippen molar-refractivity contribution in [1.82, 2.24) is 10.2 Å². The summed E-state index contributed by atoms with van der Waals surface area (Å²) in [7, 11) is 0. The molecule has 152 valence electrons. The predicted molar refractivity (Wildman–Crippen MR) is 121 cm³/mol. The zero-order valence-corrected chi connectivity index (χ0v) is 19.2. The van der Waals surface area contributed by atoms with Gasteiger partial charge in [-0.05, 0) is 61.7 Å². The highest BCUT2D eigenvalue weighted by molar-refractivity contribution is 8.00. The number of carbonyl (C=O) groups excluding carboxylic acids is 1. The first-order valence-corrected chi connectivity index (χ1v) is 11.3. The van der Waals surface area contributed by atoms with Crippen LogP contribution in [-0.2, 0) is 10.5 Å². The molecule has 0 saturated heterocycles. The van der Waals surface area contributed by atoms with E-state index < -0.39 is 6.10 Å². The van der Waals surface area contributed by atoms with Crippen LogP contribution in [0.4, 0.5) is 5.13 Å². The van der Waals surface area contributed by atoms with Crippen LogP contribution < -0.4 is 10.1 Å². The molecule has 1 N–H and O–H groups in total. The van der Waals surface area contributed by atoms with E-state index in [-0.39, 0.29) is 5.91 Å². The average Bonchev–Trinajstić information content (AvgIpc) is 3.11. The number of benzene rings is 2. The van der Waals surface area contributed by atoms with Crippen LogP contribution in [0, 0.1) is 13.8 Å². The van der Waals surface area contributed by atoms with Gasteiger partial charge in [-0.25, -0.2) is 0 Å². The van der Waals surface area contributed by atoms with E-state index in [1.54, 1.807) is 19.1 Å². The van der Waals surface area contributed by atoms with Crippen LogP contribution in [-0.4, -0.2) is 22.2 Å². The number of nitrogens with one attached hydrogen (secondary N) is 1. The minimum Gasteiger partial charge on any atom is -0.481 e. The SMILES string of the molecule is Cc1ccc(OC(C)C(=O)Nc2nnc(SCc3ccc(Cl)cc3Cl)s2)cc1C. The lowest BCUT2D eigenvalue weighted by Crippen LogP contribution is -2.30. The van der Waals surface area contributed by atoms with E-state index in [1.165, 1.54) is 28.7 Å². The molecule has 2 aromatic carbocycles. The number of carbonyl (C=O) groups is 1. The third-order valence-corrected chi connectivity index (χ3v) is 6.77. The number of nitrogens with zero attached hydrogens (tertiary/aromatic N) is 2. The molecule has 9 heteroatoms. The van der Waals surface area contributed by atoms with Crippen molar-refractivity contribution in [2.45, 2.75) is 37.0 Å². The van der Waals surface area contributed by atoms with Gasteiger partial charge in [0.15, 0.2) is 10.4 Å². The molecular formula is C20H19Cl2N3O2S2. The fraction of sp³-hybridized carbons (Fsp3) is 0.250. The topological polar surface area (TPSA) is 64.1 Å². The molecule has 0 saturated carbocycles. The fourth-order valence-corrected chi connectivity index (χ4v) is 4.66. The van der Waals surface area contributed by atoms with E-state index in [0.717, 1.165) is 15.5 Å². The van der Waals surface area contributed by atoms with E-state index in [9.17, 15) is 4.79 Å². The monoisotopic (exact) mass is 467 g/mol. The van der Waals surface area contributed by atoms with Crippen LogP contribution in [0.2, 0.25) is 10.0 Å². The Bertz CT molecular complexity index is 1030. The number of ether oxygens (including phenoxy) is 1. The van der Waals surface area contributed by atoms with E-state index >= 15 is 0 Å². The number of thioether (sulfide) groups is 1. The van der Waals surface area contributed by atoms with Crippen molar-refractivity contribution in [3.05, 3.63) is 63.1 Å². The van der Waals surface area contributed by atoms with Crippen molar-refractivity contribution in [3.63, 3.8) is 0 Å². The van der Waals surface area contributed by atoms with E-state index in [4.69, 9.17) is 27.9 Å². The number of hydrogen-bond acceptors (Lipinski definition) is 6. The molecule has 0 aliphatic rings. The number of amides is 1. The molecule has 3 rings (SSSR count). The van der Waals surface area contributed by atoms with Crippen LogP contribution in [0.25, 0.3) is 0 Å². The first-order chi connectivity index (χ1) is 13.8. The zero-order chi connectivity index (χ0) is 21.0. The maximum atomic E-state index is 12.4. The van der Waals surface area contributed by atoms with Crippen molar-refractivity contribution in [2.75, 3.05) is 5.32 Å². The van der Waals surface area contributed by atoms with Gasteiger partial charge in [0.25, 0.3) is 5.91 Å². The van der Waals surface area contributed by atoms with Gasteiger partial charge in [0.2, 0.25) is 5.13 Å². The molecule has 1 amide bonds. The molecule has 1 aromatic heterocycles. The van der Waals surface area contributed by atoms with Gasteiger partial charge in [-0.15, -0.1) is 10.2 Å². The van der Waals surface area contributed by atoms with Crippen LogP contribution in [0.1, 0.15) is 23.6 Å². The molecule has 0 fully saturated rings. The van der Waals surface area contributed by atoms with E-state index in [2.05, 4.69) is 15.5 Å². The number of halogens is 2. The maximum Gasteiger partial charge on any atom is 0.266 e. The molecule has 0 bridgehead atoms. The highest BCUT2D eigenvalue weighted by atomic mass is 35.5. The van der Waals surface area contributed by atoms with Gasteiger partial charge in [-0.2, -0.15) is 0 Å². The summed E-state index contributed by atoms with van der Waals surface area (Å²) in [6.45, 7) is 5.73. The summed E-state index contributed by atoms with van der Waals surface area (Å²) in [6.07, 6.45) is -0.662. The maximum absolute atomic E-state index is 12.4. The molecule has 1 atom stereocenters. The normalized spacial score (nSPS) is 11.9. The molecule has 1 unspecified atom stereocenters. The highest BCUT2D eigenvalue weighted by Crippen LogP contribution is 2.31. The number of anilines is 1. The van der Waals surface area contributed by atoms with Crippen molar-refractivity contribution in [2.24, 2.45) is 0 Å². The predicted octanol–water partition coefficient (Wildman–Crippen LogP) is 6.16. The van der Waals surface area contributed by atoms with E-state index in [1.807, 2.05) is 38.1 Å². The van der Waals surface area contributed by atoms with Crippen molar-refractivity contribution in [1.29, 1.82) is 0 Å². The summed E-state index contributed by atoms with van der Waals surface area (Å²) in [5.74, 6) is 1.01. The van der Waals surface area contributed by atoms with Gasteiger partial charge in [0, 0.05) is 15.8 Å². The second kappa shape index (κ2) is 9.80. The second-order valence-corrected chi connectivity index (χ2v) is 9.44. The van der Waals surface area contributed by atoms with Gasteiger partial charge in [0.05, 0.1) is 0 Å². The number of rotatable bonds is 7. The van der Waals surface area contributed by atoms with Gasteiger partial charge in [-0.1, -0.05) is 58.4 Å². The average molecular weight is 468 g/mol. The quantitative estimate of drug-likeness (QED) is 0.332.